The Kier molecular flexibility index (Phi) is 2.36. The van der Waals surface area contributed by atoms with Crippen molar-refractivity contribution in [1.82, 2.24) is 0 Å². The number of benzene rings is 1. The summed E-state index contributed by atoms with van der Waals surface area (Å²) in [4.78, 5) is 0. The molecule has 0 heterocycles. The number of nitrogens with two attached hydrogens (primary N) is 1. The number of nitriles is 1. The van der Waals surface area contributed by atoms with Crippen molar-refractivity contribution < 1.29 is 8.78 Å². The summed E-state index contributed by atoms with van der Waals surface area (Å²) < 4.78 is 25.3. The minimum atomic E-state index is -1.11. The Balaban J connectivity index is 3.15. The van der Waals surface area contributed by atoms with Gasteiger partial charge in [0.15, 0.2) is 0 Å². The lowest BCUT2D eigenvalue weighted by Crippen LogP contribution is -2.09. The molecule has 62 valence electrons. The number of hydrogen-bond donors (Lipinski definition) is 1. The Labute approximate surface area is 68.2 Å². The van der Waals surface area contributed by atoms with Crippen molar-refractivity contribution >= 4 is 0 Å². The van der Waals surface area contributed by atoms with Gasteiger partial charge in [0, 0.05) is 5.56 Å². The van der Waals surface area contributed by atoms with E-state index in [0.717, 1.165) is 18.2 Å². The summed E-state index contributed by atoms with van der Waals surface area (Å²) in [6.45, 7) is 0. The van der Waals surface area contributed by atoms with E-state index in [1.54, 1.807) is 6.07 Å². The van der Waals surface area contributed by atoms with E-state index < -0.39 is 17.7 Å². The number of hydrogen-bond acceptors (Lipinski definition) is 2. The normalized spacial score (nSPS) is 12.2. The van der Waals surface area contributed by atoms with E-state index in [4.69, 9.17) is 11.0 Å². The lowest BCUT2D eigenvalue weighted by Gasteiger charge is -2.03. The molecule has 0 aliphatic carbocycles. The molecule has 0 saturated heterocycles. The second kappa shape index (κ2) is 3.28. The van der Waals surface area contributed by atoms with Crippen molar-refractivity contribution in [2.24, 2.45) is 5.73 Å². The molecule has 2 N–H and O–H groups in total. The Morgan fingerprint density at radius 1 is 1.42 bits per heavy atom. The van der Waals surface area contributed by atoms with Gasteiger partial charge in [-0.2, -0.15) is 5.26 Å². The second-order valence-electron chi connectivity index (χ2n) is 2.27. The van der Waals surface area contributed by atoms with Gasteiger partial charge < -0.3 is 5.73 Å². The Hall–Kier alpha value is -1.47. The van der Waals surface area contributed by atoms with Crippen LogP contribution in [0, 0.1) is 23.0 Å². The third-order valence-electron chi connectivity index (χ3n) is 1.43. The molecule has 0 saturated carbocycles. The Morgan fingerprint density at radius 3 is 2.67 bits per heavy atom. The van der Waals surface area contributed by atoms with Crippen LogP contribution in [0.4, 0.5) is 8.78 Å². The van der Waals surface area contributed by atoms with Gasteiger partial charge in [-0.1, -0.05) is 0 Å². The molecule has 0 unspecified atom stereocenters. The molecular weight excluding hydrogens is 162 g/mol. The van der Waals surface area contributed by atoms with Crippen molar-refractivity contribution in [3.05, 3.63) is 35.4 Å². The molecule has 1 atom stereocenters. The molecule has 1 aromatic rings. The van der Waals surface area contributed by atoms with Crippen molar-refractivity contribution in [1.29, 1.82) is 5.26 Å². The summed E-state index contributed by atoms with van der Waals surface area (Å²) in [7, 11) is 0. The van der Waals surface area contributed by atoms with Gasteiger partial charge in [0.2, 0.25) is 0 Å². The molecule has 2 nitrogen and oxygen atoms in total. The van der Waals surface area contributed by atoms with Crippen LogP contribution in [0.3, 0.4) is 0 Å². The molecular formula is C8H6F2N2. The zero-order chi connectivity index (χ0) is 9.14. The summed E-state index contributed by atoms with van der Waals surface area (Å²) in [6, 6.07) is 3.35. The van der Waals surface area contributed by atoms with Gasteiger partial charge in [0.1, 0.15) is 17.7 Å². The quantitative estimate of drug-likeness (QED) is 0.690. The van der Waals surface area contributed by atoms with E-state index in [9.17, 15) is 8.78 Å². The van der Waals surface area contributed by atoms with E-state index in [1.807, 2.05) is 0 Å². The van der Waals surface area contributed by atoms with Crippen LogP contribution < -0.4 is 5.73 Å². The summed E-state index contributed by atoms with van der Waals surface area (Å²) in [5.74, 6) is -1.26. The summed E-state index contributed by atoms with van der Waals surface area (Å²) in [5.41, 5.74) is 5.08. The zero-order valence-corrected chi connectivity index (χ0v) is 6.09. The third-order valence-corrected chi connectivity index (χ3v) is 1.43. The molecule has 0 spiro atoms. The SMILES string of the molecule is N#C[C@@H](N)c1cc(F)ccc1F. The van der Waals surface area contributed by atoms with Crippen LogP contribution >= 0.6 is 0 Å². The number of rotatable bonds is 1. The second-order valence-corrected chi connectivity index (χ2v) is 2.27. The highest BCUT2D eigenvalue weighted by Crippen LogP contribution is 2.15. The maximum Gasteiger partial charge on any atom is 0.129 e. The predicted molar refractivity (Wildman–Crippen MR) is 38.9 cm³/mol. The molecule has 0 amide bonds. The molecule has 0 aromatic heterocycles. The molecule has 0 aliphatic heterocycles. The smallest absolute Gasteiger partial charge is 0.129 e. The number of nitrogens with zero attached hydrogens (tertiary/aromatic N) is 1. The first-order chi connectivity index (χ1) is 5.65. The minimum Gasteiger partial charge on any atom is -0.312 e. The first kappa shape index (κ1) is 8.62. The van der Waals surface area contributed by atoms with Gasteiger partial charge in [0.25, 0.3) is 0 Å². The van der Waals surface area contributed by atoms with Crippen LogP contribution in [0.5, 0.6) is 0 Å². The molecule has 0 bridgehead atoms. The van der Waals surface area contributed by atoms with E-state index in [1.165, 1.54) is 0 Å². The van der Waals surface area contributed by atoms with Crippen LogP contribution in [-0.4, -0.2) is 0 Å². The average Bonchev–Trinajstić information content (AvgIpc) is 2.08. The van der Waals surface area contributed by atoms with Crippen LogP contribution in [0.25, 0.3) is 0 Å². The van der Waals surface area contributed by atoms with E-state index in [2.05, 4.69) is 0 Å². The maximum absolute atomic E-state index is 12.8. The lowest BCUT2D eigenvalue weighted by atomic mass is 10.1. The van der Waals surface area contributed by atoms with E-state index in [-0.39, 0.29) is 5.56 Å². The fraction of sp³-hybridized carbons (Fsp3) is 0.125. The monoisotopic (exact) mass is 168 g/mol. The summed E-state index contributed by atoms with van der Waals surface area (Å²) in [5, 5.41) is 8.34. The molecule has 0 radical (unpaired) electrons. The Morgan fingerprint density at radius 2 is 2.08 bits per heavy atom. The third kappa shape index (κ3) is 1.57. The van der Waals surface area contributed by atoms with Crippen molar-refractivity contribution in [2.45, 2.75) is 6.04 Å². The van der Waals surface area contributed by atoms with Gasteiger partial charge in [-0.15, -0.1) is 0 Å². The predicted octanol–water partition coefficient (Wildman–Crippen LogP) is 1.49. The standard InChI is InChI=1S/C8H6F2N2/c9-5-1-2-7(10)6(3-5)8(12)4-11/h1-3,8H,12H2/t8-/m1/s1. The van der Waals surface area contributed by atoms with Crippen molar-refractivity contribution in [3.63, 3.8) is 0 Å². The van der Waals surface area contributed by atoms with Gasteiger partial charge in [0.05, 0.1) is 6.07 Å². The highest BCUT2D eigenvalue weighted by molar-refractivity contribution is 5.25. The first-order valence-corrected chi connectivity index (χ1v) is 3.25. The van der Waals surface area contributed by atoms with Gasteiger partial charge >= 0.3 is 0 Å². The highest BCUT2D eigenvalue weighted by atomic mass is 19.1. The van der Waals surface area contributed by atoms with Crippen LogP contribution in [-0.2, 0) is 0 Å². The van der Waals surface area contributed by atoms with E-state index in [0.29, 0.717) is 0 Å². The van der Waals surface area contributed by atoms with Gasteiger partial charge in [-0.3, -0.25) is 0 Å². The summed E-state index contributed by atoms with van der Waals surface area (Å²) in [6.07, 6.45) is 0. The van der Waals surface area contributed by atoms with Gasteiger partial charge in [-0.05, 0) is 18.2 Å². The van der Waals surface area contributed by atoms with Crippen LogP contribution in [0.2, 0.25) is 0 Å². The molecule has 0 fully saturated rings. The molecule has 1 rings (SSSR count). The fourth-order valence-corrected chi connectivity index (χ4v) is 0.822. The topological polar surface area (TPSA) is 49.8 Å². The largest absolute Gasteiger partial charge is 0.312 e. The summed E-state index contributed by atoms with van der Waals surface area (Å²) >= 11 is 0. The minimum absolute atomic E-state index is 0.113. The molecule has 0 aliphatic rings. The fourth-order valence-electron chi connectivity index (χ4n) is 0.822. The van der Waals surface area contributed by atoms with Crippen LogP contribution in [0.1, 0.15) is 11.6 Å². The zero-order valence-electron chi connectivity index (χ0n) is 6.09. The van der Waals surface area contributed by atoms with Crippen molar-refractivity contribution in [3.8, 4) is 6.07 Å². The molecule has 4 heteroatoms. The van der Waals surface area contributed by atoms with Gasteiger partial charge in [-0.25, -0.2) is 8.78 Å². The van der Waals surface area contributed by atoms with Crippen LogP contribution in [0.15, 0.2) is 18.2 Å². The van der Waals surface area contributed by atoms with E-state index >= 15 is 0 Å². The average molecular weight is 168 g/mol. The lowest BCUT2D eigenvalue weighted by molar-refractivity contribution is 0.580. The molecule has 12 heavy (non-hydrogen) atoms. The highest BCUT2D eigenvalue weighted by Gasteiger charge is 2.10. The maximum atomic E-state index is 12.8. The van der Waals surface area contributed by atoms with Crippen molar-refractivity contribution in [2.75, 3.05) is 0 Å². The number of halogens is 2. The first-order valence-electron chi connectivity index (χ1n) is 3.25. The molecule has 1 aromatic carbocycles. The Bertz CT molecular complexity index is 330.